The van der Waals surface area contributed by atoms with Gasteiger partial charge in [0.15, 0.2) is 17.1 Å². The van der Waals surface area contributed by atoms with Gasteiger partial charge in [-0.1, -0.05) is 42.5 Å². The van der Waals surface area contributed by atoms with Crippen LogP contribution in [0, 0.1) is 0 Å². The molecule has 118 valence electrons. The summed E-state index contributed by atoms with van der Waals surface area (Å²) in [6.07, 6.45) is -0.292. The van der Waals surface area contributed by atoms with Crippen LogP contribution in [0.3, 0.4) is 0 Å². The van der Waals surface area contributed by atoms with Gasteiger partial charge in [-0.2, -0.15) is 0 Å². The first-order chi connectivity index (χ1) is 10.7. The number of para-hydroxylation sites is 2. The SMILES string of the molecule is COc1ccccc1OC(C)(c1ccccc1)C(CN)OC. The zero-order valence-corrected chi connectivity index (χ0v) is 13.3. The molecule has 2 rings (SSSR count). The van der Waals surface area contributed by atoms with E-state index in [2.05, 4.69) is 0 Å². The molecule has 0 aliphatic heterocycles. The Bertz CT molecular complexity index is 584. The van der Waals surface area contributed by atoms with Crippen LogP contribution in [-0.4, -0.2) is 26.9 Å². The van der Waals surface area contributed by atoms with Crippen LogP contribution in [0.15, 0.2) is 54.6 Å². The zero-order valence-electron chi connectivity index (χ0n) is 13.3. The maximum atomic E-state index is 6.32. The topological polar surface area (TPSA) is 53.7 Å². The second kappa shape index (κ2) is 7.29. The van der Waals surface area contributed by atoms with E-state index >= 15 is 0 Å². The average Bonchev–Trinajstić information content (AvgIpc) is 2.57. The second-order valence-corrected chi connectivity index (χ2v) is 5.19. The Morgan fingerprint density at radius 2 is 1.55 bits per heavy atom. The van der Waals surface area contributed by atoms with Crippen molar-refractivity contribution in [1.82, 2.24) is 0 Å². The van der Waals surface area contributed by atoms with Crippen molar-refractivity contribution in [3.63, 3.8) is 0 Å². The van der Waals surface area contributed by atoms with E-state index in [-0.39, 0.29) is 6.10 Å². The Morgan fingerprint density at radius 1 is 0.955 bits per heavy atom. The summed E-state index contributed by atoms with van der Waals surface area (Å²) in [6, 6.07) is 17.5. The van der Waals surface area contributed by atoms with Crippen molar-refractivity contribution in [2.45, 2.75) is 18.6 Å². The molecule has 0 aromatic heterocycles. The quantitative estimate of drug-likeness (QED) is 0.854. The van der Waals surface area contributed by atoms with Crippen LogP contribution in [0.5, 0.6) is 11.5 Å². The van der Waals surface area contributed by atoms with Crippen molar-refractivity contribution in [3.8, 4) is 11.5 Å². The first-order valence-corrected chi connectivity index (χ1v) is 7.26. The highest BCUT2D eigenvalue weighted by atomic mass is 16.6. The number of benzene rings is 2. The third-order valence-electron chi connectivity index (χ3n) is 3.85. The largest absolute Gasteiger partial charge is 0.493 e. The average molecular weight is 301 g/mol. The van der Waals surface area contributed by atoms with Crippen LogP contribution in [0.2, 0.25) is 0 Å². The molecule has 2 N–H and O–H groups in total. The number of ether oxygens (including phenoxy) is 3. The van der Waals surface area contributed by atoms with Gasteiger partial charge in [0.05, 0.1) is 7.11 Å². The minimum atomic E-state index is -0.723. The molecular formula is C18H23NO3. The van der Waals surface area contributed by atoms with Gasteiger partial charge in [0, 0.05) is 13.7 Å². The van der Waals surface area contributed by atoms with E-state index in [1.165, 1.54) is 0 Å². The van der Waals surface area contributed by atoms with Gasteiger partial charge in [-0.05, 0) is 24.6 Å². The van der Waals surface area contributed by atoms with Gasteiger partial charge < -0.3 is 19.9 Å². The highest BCUT2D eigenvalue weighted by Crippen LogP contribution is 2.36. The summed E-state index contributed by atoms with van der Waals surface area (Å²) in [7, 11) is 3.27. The molecule has 2 unspecified atom stereocenters. The van der Waals surface area contributed by atoms with E-state index in [0.717, 1.165) is 5.56 Å². The molecule has 0 saturated heterocycles. The van der Waals surface area contributed by atoms with Crippen LogP contribution >= 0.6 is 0 Å². The van der Waals surface area contributed by atoms with E-state index in [0.29, 0.717) is 18.0 Å². The zero-order chi connectivity index (χ0) is 16.0. The molecule has 2 aromatic carbocycles. The van der Waals surface area contributed by atoms with Crippen LogP contribution in [0.1, 0.15) is 12.5 Å². The van der Waals surface area contributed by atoms with Crippen LogP contribution in [-0.2, 0) is 10.3 Å². The van der Waals surface area contributed by atoms with E-state index < -0.39 is 5.60 Å². The molecule has 0 aliphatic rings. The number of methoxy groups -OCH3 is 2. The smallest absolute Gasteiger partial charge is 0.162 e. The van der Waals surface area contributed by atoms with Crippen molar-refractivity contribution < 1.29 is 14.2 Å². The third-order valence-corrected chi connectivity index (χ3v) is 3.85. The summed E-state index contributed by atoms with van der Waals surface area (Å²) in [5.74, 6) is 1.34. The van der Waals surface area contributed by atoms with Gasteiger partial charge in [-0.25, -0.2) is 0 Å². The summed E-state index contributed by atoms with van der Waals surface area (Å²) >= 11 is 0. The van der Waals surface area contributed by atoms with Crippen molar-refractivity contribution in [3.05, 3.63) is 60.2 Å². The Kier molecular flexibility index (Phi) is 5.41. The molecule has 0 fully saturated rings. The summed E-state index contributed by atoms with van der Waals surface area (Å²) in [5.41, 5.74) is 6.17. The van der Waals surface area contributed by atoms with Gasteiger partial charge >= 0.3 is 0 Å². The standard InChI is InChI=1S/C18H23NO3/c1-18(17(13-19)21-3,14-9-5-4-6-10-14)22-16-12-8-7-11-15(16)20-2/h4-12,17H,13,19H2,1-3H3. The molecule has 4 heteroatoms. The normalized spacial score (nSPS) is 14.9. The maximum absolute atomic E-state index is 6.32. The first-order valence-electron chi connectivity index (χ1n) is 7.26. The number of hydrogen-bond acceptors (Lipinski definition) is 4. The monoisotopic (exact) mass is 301 g/mol. The lowest BCUT2D eigenvalue weighted by Crippen LogP contribution is -2.47. The molecule has 0 radical (unpaired) electrons. The van der Waals surface area contributed by atoms with E-state index in [1.807, 2.05) is 61.5 Å². The predicted molar refractivity (Wildman–Crippen MR) is 87.3 cm³/mol. The fourth-order valence-electron chi connectivity index (χ4n) is 2.56. The summed E-state index contributed by atoms with van der Waals surface area (Å²) in [5, 5.41) is 0. The van der Waals surface area contributed by atoms with Crippen molar-refractivity contribution in [2.24, 2.45) is 5.73 Å². The lowest BCUT2D eigenvalue weighted by atomic mass is 9.89. The third kappa shape index (κ3) is 3.24. The Morgan fingerprint density at radius 3 is 2.09 bits per heavy atom. The van der Waals surface area contributed by atoms with Crippen LogP contribution < -0.4 is 15.2 Å². The van der Waals surface area contributed by atoms with Gasteiger partial charge in [0.1, 0.15) is 6.10 Å². The molecule has 2 atom stereocenters. The minimum absolute atomic E-state index is 0.292. The number of nitrogens with two attached hydrogens (primary N) is 1. The molecule has 4 nitrogen and oxygen atoms in total. The van der Waals surface area contributed by atoms with Gasteiger partial charge in [0.25, 0.3) is 0 Å². The fraction of sp³-hybridized carbons (Fsp3) is 0.333. The lowest BCUT2D eigenvalue weighted by Gasteiger charge is -2.37. The minimum Gasteiger partial charge on any atom is -0.493 e. The fourth-order valence-corrected chi connectivity index (χ4v) is 2.56. The van der Waals surface area contributed by atoms with Gasteiger partial charge in [-0.3, -0.25) is 0 Å². The maximum Gasteiger partial charge on any atom is 0.162 e. The number of hydrogen-bond donors (Lipinski definition) is 1. The highest BCUT2D eigenvalue weighted by molar-refractivity contribution is 5.41. The molecule has 0 spiro atoms. The molecule has 0 saturated carbocycles. The summed E-state index contributed by atoms with van der Waals surface area (Å²) < 4.78 is 17.3. The molecule has 0 aliphatic carbocycles. The molecular weight excluding hydrogens is 278 g/mol. The van der Waals surface area contributed by atoms with E-state index in [1.54, 1.807) is 14.2 Å². The first kappa shape index (κ1) is 16.3. The molecule has 22 heavy (non-hydrogen) atoms. The molecule has 0 heterocycles. The van der Waals surface area contributed by atoms with E-state index in [9.17, 15) is 0 Å². The Labute approximate surface area is 131 Å². The van der Waals surface area contributed by atoms with Crippen LogP contribution in [0.4, 0.5) is 0 Å². The molecule has 0 amide bonds. The van der Waals surface area contributed by atoms with E-state index in [4.69, 9.17) is 19.9 Å². The van der Waals surface area contributed by atoms with Crippen LogP contribution in [0.25, 0.3) is 0 Å². The molecule has 2 aromatic rings. The Hall–Kier alpha value is -2.04. The molecule has 0 bridgehead atoms. The second-order valence-electron chi connectivity index (χ2n) is 5.19. The van der Waals surface area contributed by atoms with Crippen molar-refractivity contribution in [1.29, 1.82) is 0 Å². The van der Waals surface area contributed by atoms with Gasteiger partial charge in [-0.15, -0.1) is 0 Å². The summed E-state index contributed by atoms with van der Waals surface area (Å²) in [4.78, 5) is 0. The van der Waals surface area contributed by atoms with Crippen molar-refractivity contribution in [2.75, 3.05) is 20.8 Å². The number of rotatable bonds is 7. The lowest BCUT2D eigenvalue weighted by molar-refractivity contribution is -0.0646. The Balaban J connectivity index is 2.45. The predicted octanol–water partition coefficient (Wildman–Crippen LogP) is 2.96. The highest BCUT2D eigenvalue weighted by Gasteiger charge is 2.38. The van der Waals surface area contributed by atoms with Crippen molar-refractivity contribution >= 4 is 0 Å². The van der Waals surface area contributed by atoms with Gasteiger partial charge in [0.2, 0.25) is 0 Å². The summed E-state index contributed by atoms with van der Waals surface area (Å²) in [6.45, 7) is 2.33.